The summed E-state index contributed by atoms with van der Waals surface area (Å²) in [6, 6.07) is 13.1. The van der Waals surface area contributed by atoms with Crippen LogP contribution in [0.3, 0.4) is 0 Å². The van der Waals surface area contributed by atoms with Crippen LogP contribution in [0.2, 0.25) is 0 Å². The van der Waals surface area contributed by atoms with Gasteiger partial charge < -0.3 is 5.32 Å². The molecule has 0 aromatic heterocycles. The van der Waals surface area contributed by atoms with Gasteiger partial charge in [0.15, 0.2) is 0 Å². The Bertz CT molecular complexity index is 474. The minimum Gasteiger partial charge on any atom is -0.316 e. The van der Waals surface area contributed by atoms with Crippen molar-refractivity contribution < 1.29 is 0 Å². The fourth-order valence-corrected chi connectivity index (χ4v) is 4.35. The molecule has 1 aliphatic heterocycles. The van der Waals surface area contributed by atoms with E-state index in [1.54, 1.807) is 0 Å². The summed E-state index contributed by atoms with van der Waals surface area (Å²) < 4.78 is 0. The van der Waals surface area contributed by atoms with Crippen LogP contribution < -0.4 is 5.32 Å². The largest absolute Gasteiger partial charge is 0.316 e. The second-order valence-corrected chi connectivity index (χ2v) is 6.54. The predicted octanol–water partition coefficient (Wildman–Crippen LogP) is 3.49. The number of fused-ring (bicyclic) bond motifs is 2. The van der Waals surface area contributed by atoms with Crippen molar-refractivity contribution in [3.63, 3.8) is 0 Å². The van der Waals surface area contributed by atoms with Gasteiger partial charge in [0.2, 0.25) is 0 Å². The van der Waals surface area contributed by atoms with Gasteiger partial charge in [-0.2, -0.15) is 5.26 Å². The van der Waals surface area contributed by atoms with Gasteiger partial charge in [0.05, 0.1) is 11.5 Å². The number of hydrogen-bond donors (Lipinski definition) is 1. The number of piperidine rings is 1. The van der Waals surface area contributed by atoms with Crippen LogP contribution >= 0.6 is 0 Å². The molecule has 1 heterocycles. The van der Waals surface area contributed by atoms with Gasteiger partial charge in [0.25, 0.3) is 0 Å². The molecule has 1 N–H and O–H groups in total. The Balaban J connectivity index is 1.87. The van der Waals surface area contributed by atoms with Crippen LogP contribution in [0, 0.1) is 29.1 Å². The number of benzene rings is 1. The molecule has 0 amide bonds. The summed E-state index contributed by atoms with van der Waals surface area (Å²) in [5.74, 6) is 2.31. The van der Waals surface area contributed by atoms with E-state index in [2.05, 4.69) is 42.6 Å². The molecule has 2 fully saturated rings. The summed E-state index contributed by atoms with van der Waals surface area (Å²) in [5, 5.41) is 13.4. The molecule has 2 bridgehead atoms. The van der Waals surface area contributed by atoms with E-state index in [0.717, 1.165) is 43.7 Å². The maximum Gasteiger partial charge on any atom is 0.0822 e. The molecule has 1 aromatic carbocycles. The molecule has 1 saturated carbocycles. The lowest BCUT2D eigenvalue weighted by molar-refractivity contribution is 0.199. The minimum absolute atomic E-state index is 0.288. The lowest BCUT2D eigenvalue weighted by atomic mass is 9.68. The van der Waals surface area contributed by atoms with Crippen molar-refractivity contribution in [3.05, 3.63) is 35.9 Å². The average molecular weight is 268 g/mol. The highest BCUT2D eigenvalue weighted by Gasteiger charge is 2.44. The van der Waals surface area contributed by atoms with Gasteiger partial charge in [-0.1, -0.05) is 37.3 Å². The summed E-state index contributed by atoms with van der Waals surface area (Å²) >= 11 is 0. The Kier molecular flexibility index (Phi) is 3.81. The molecular formula is C18H24N2. The third-order valence-corrected chi connectivity index (χ3v) is 5.66. The third-order valence-electron chi connectivity index (χ3n) is 5.66. The fourth-order valence-electron chi connectivity index (χ4n) is 4.35. The zero-order valence-electron chi connectivity index (χ0n) is 12.3. The van der Waals surface area contributed by atoms with E-state index in [4.69, 9.17) is 0 Å². The number of nitrogens with one attached hydrogen (secondary N) is 1. The maximum absolute atomic E-state index is 9.89. The molecule has 3 unspecified atom stereocenters. The molecule has 20 heavy (non-hydrogen) atoms. The van der Waals surface area contributed by atoms with Gasteiger partial charge in [-0.25, -0.2) is 0 Å². The van der Waals surface area contributed by atoms with Crippen LogP contribution in [0.4, 0.5) is 0 Å². The molecule has 1 aromatic rings. The summed E-state index contributed by atoms with van der Waals surface area (Å²) in [5.41, 5.74) is 0.923. The van der Waals surface area contributed by atoms with Gasteiger partial charge in [0.1, 0.15) is 0 Å². The van der Waals surface area contributed by atoms with Gasteiger partial charge in [-0.3, -0.25) is 0 Å². The second kappa shape index (κ2) is 5.58. The van der Waals surface area contributed by atoms with Crippen molar-refractivity contribution >= 4 is 0 Å². The van der Waals surface area contributed by atoms with Gasteiger partial charge in [0, 0.05) is 0 Å². The predicted molar refractivity (Wildman–Crippen MR) is 81.2 cm³/mol. The van der Waals surface area contributed by atoms with Gasteiger partial charge in [-0.05, 0) is 62.1 Å². The molecule has 0 radical (unpaired) electrons. The molecule has 0 spiro atoms. The monoisotopic (exact) mass is 268 g/mol. The number of hydrogen-bond acceptors (Lipinski definition) is 2. The van der Waals surface area contributed by atoms with Crippen LogP contribution in [0.1, 0.15) is 38.2 Å². The van der Waals surface area contributed by atoms with Crippen LogP contribution in [0.25, 0.3) is 0 Å². The SMILES string of the molecule is CCC(C#N)(CC1C2CCC1CNC2)c1ccccc1. The highest BCUT2D eigenvalue weighted by atomic mass is 14.9. The zero-order chi connectivity index (χ0) is 14.0. The third kappa shape index (κ3) is 2.25. The number of nitrogens with zero attached hydrogens (tertiary/aromatic N) is 1. The molecule has 106 valence electrons. The molecule has 3 rings (SSSR count). The first-order chi connectivity index (χ1) is 9.79. The highest BCUT2D eigenvalue weighted by Crippen LogP contribution is 2.46. The lowest BCUT2D eigenvalue weighted by Crippen LogP contribution is -2.41. The van der Waals surface area contributed by atoms with Gasteiger partial charge >= 0.3 is 0 Å². The topological polar surface area (TPSA) is 35.8 Å². The second-order valence-electron chi connectivity index (χ2n) is 6.54. The Morgan fingerprint density at radius 2 is 1.85 bits per heavy atom. The zero-order valence-corrected chi connectivity index (χ0v) is 12.3. The van der Waals surface area contributed by atoms with Gasteiger partial charge in [-0.15, -0.1) is 0 Å². The summed E-state index contributed by atoms with van der Waals surface area (Å²) in [4.78, 5) is 0. The van der Waals surface area contributed by atoms with Crippen molar-refractivity contribution in [3.8, 4) is 6.07 Å². The van der Waals surface area contributed by atoms with Crippen LogP contribution in [-0.2, 0) is 5.41 Å². The first-order valence-electron chi connectivity index (χ1n) is 7.96. The quantitative estimate of drug-likeness (QED) is 0.907. The smallest absolute Gasteiger partial charge is 0.0822 e. The van der Waals surface area contributed by atoms with Crippen LogP contribution in [0.5, 0.6) is 0 Å². The van der Waals surface area contributed by atoms with Crippen LogP contribution in [0.15, 0.2) is 30.3 Å². The Labute approximate surface area is 122 Å². The summed E-state index contributed by atoms with van der Waals surface area (Å²) in [7, 11) is 0. The van der Waals surface area contributed by atoms with Crippen molar-refractivity contribution in [1.29, 1.82) is 5.26 Å². The van der Waals surface area contributed by atoms with E-state index in [0.29, 0.717) is 0 Å². The average Bonchev–Trinajstić information content (AvgIpc) is 2.74. The maximum atomic E-state index is 9.89. The molecule has 1 saturated heterocycles. The van der Waals surface area contributed by atoms with E-state index < -0.39 is 0 Å². The minimum atomic E-state index is -0.288. The molecular weight excluding hydrogens is 244 g/mol. The van der Waals surface area contributed by atoms with Crippen molar-refractivity contribution in [2.24, 2.45) is 17.8 Å². The van der Waals surface area contributed by atoms with Crippen molar-refractivity contribution in [2.75, 3.05) is 13.1 Å². The van der Waals surface area contributed by atoms with E-state index in [1.165, 1.54) is 18.4 Å². The summed E-state index contributed by atoms with van der Waals surface area (Å²) in [6.07, 6.45) is 4.66. The van der Waals surface area contributed by atoms with Crippen LogP contribution in [-0.4, -0.2) is 13.1 Å². The Hall–Kier alpha value is -1.33. The fraction of sp³-hybridized carbons (Fsp3) is 0.611. The van der Waals surface area contributed by atoms with E-state index in [-0.39, 0.29) is 5.41 Å². The van der Waals surface area contributed by atoms with Crippen molar-refractivity contribution in [1.82, 2.24) is 5.32 Å². The number of nitriles is 1. The number of rotatable bonds is 4. The molecule has 3 atom stereocenters. The molecule has 2 aliphatic rings. The van der Waals surface area contributed by atoms with Crippen molar-refractivity contribution in [2.45, 2.75) is 38.0 Å². The highest BCUT2D eigenvalue weighted by molar-refractivity contribution is 5.32. The standard InChI is InChI=1S/C18H24N2/c1-2-18(13-19,16-6-4-3-5-7-16)10-17-14-8-9-15(17)12-20-11-14/h3-7,14-15,17,20H,2,8-12H2,1H3. The summed E-state index contributed by atoms with van der Waals surface area (Å²) in [6.45, 7) is 4.47. The Morgan fingerprint density at radius 1 is 1.20 bits per heavy atom. The molecule has 2 nitrogen and oxygen atoms in total. The lowest BCUT2D eigenvalue weighted by Gasteiger charge is -2.37. The first-order valence-corrected chi connectivity index (χ1v) is 7.96. The van der Waals surface area contributed by atoms with E-state index in [1.807, 2.05) is 6.07 Å². The molecule has 2 heteroatoms. The first kappa shape index (κ1) is 13.6. The van der Waals surface area contributed by atoms with E-state index in [9.17, 15) is 5.26 Å². The Morgan fingerprint density at radius 3 is 2.40 bits per heavy atom. The van der Waals surface area contributed by atoms with E-state index >= 15 is 0 Å². The molecule has 1 aliphatic carbocycles. The normalized spacial score (nSPS) is 31.5.